The van der Waals surface area contributed by atoms with Gasteiger partial charge in [-0.15, -0.1) is 0 Å². The molecule has 0 bridgehead atoms. The molecule has 1 unspecified atom stereocenters. The lowest BCUT2D eigenvalue weighted by Crippen LogP contribution is -2.54. The summed E-state index contributed by atoms with van der Waals surface area (Å²) in [7, 11) is 2.15. The highest BCUT2D eigenvalue weighted by Crippen LogP contribution is 2.15. The smallest absolute Gasteiger partial charge is 0.165 e. The second-order valence-corrected chi connectivity index (χ2v) is 4.28. The Balaban J connectivity index is 2.01. The van der Waals surface area contributed by atoms with Crippen molar-refractivity contribution in [1.82, 2.24) is 9.80 Å². The van der Waals surface area contributed by atoms with Gasteiger partial charge in [-0.3, -0.25) is 4.90 Å². The molecule has 2 rings (SSSR count). The van der Waals surface area contributed by atoms with Crippen LogP contribution in [0.2, 0.25) is 0 Å². The van der Waals surface area contributed by atoms with Crippen LogP contribution in [0.1, 0.15) is 6.92 Å². The summed E-state index contributed by atoms with van der Waals surface area (Å²) < 4.78 is 6.01. The molecule has 1 aliphatic heterocycles. The number of likely N-dealkylation sites (N-methyl/N-ethyl adjacent to an activating group) is 2. The third kappa shape index (κ3) is 2.74. The fourth-order valence-electron chi connectivity index (χ4n) is 2.05. The molecule has 0 saturated carbocycles. The van der Waals surface area contributed by atoms with Gasteiger partial charge in [0.2, 0.25) is 0 Å². The predicted octanol–water partition coefficient (Wildman–Crippen LogP) is 1.66. The van der Waals surface area contributed by atoms with Crippen LogP contribution in [0.25, 0.3) is 0 Å². The number of nitrogens with zero attached hydrogens (tertiary/aromatic N) is 2. The highest BCUT2D eigenvalue weighted by molar-refractivity contribution is 5.21. The maximum Gasteiger partial charge on any atom is 0.165 e. The molecule has 0 aliphatic carbocycles. The SMILES string of the molecule is CCN1CCN(C)CC1Oc1ccccc1. The van der Waals surface area contributed by atoms with Gasteiger partial charge in [-0.2, -0.15) is 0 Å². The fourth-order valence-corrected chi connectivity index (χ4v) is 2.05. The van der Waals surface area contributed by atoms with Crippen molar-refractivity contribution in [1.29, 1.82) is 0 Å². The largest absolute Gasteiger partial charge is 0.474 e. The predicted molar refractivity (Wildman–Crippen MR) is 65.6 cm³/mol. The molecule has 0 amide bonds. The summed E-state index contributed by atoms with van der Waals surface area (Å²) in [6.45, 7) is 6.42. The first-order chi connectivity index (χ1) is 7.79. The average molecular weight is 220 g/mol. The molecule has 0 radical (unpaired) electrons. The van der Waals surface area contributed by atoms with Crippen LogP contribution < -0.4 is 4.74 Å². The fraction of sp³-hybridized carbons (Fsp3) is 0.538. The van der Waals surface area contributed by atoms with E-state index in [0.717, 1.165) is 31.9 Å². The van der Waals surface area contributed by atoms with Crippen LogP contribution in [0.5, 0.6) is 5.75 Å². The highest BCUT2D eigenvalue weighted by Gasteiger charge is 2.25. The normalized spacial score (nSPS) is 23.2. The van der Waals surface area contributed by atoms with Gasteiger partial charge in [0.1, 0.15) is 5.75 Å². The second-order valence-electron chi connectivity index (χ2n) is 4.28. The number of hydrogen-bond donors (Lipinski definition) is 0. The van der Waals surface area contributed by atoms with Crippen LogP contribution in [0.15, 0.2) is 30.3 Å². The highest BCUT2D eigenvalue weighted by atomic mass is 16.5. The van der Waals surface area contributed by atoms with Gasteiger partial charge < -0.3 is 9.64 Å². The number of ether oxygens (including phenoxy) is 1. The van der Waals surface area contributed by atoms with E-state index in [1.807, 2.05) is 30.3 Å². The van der Waals surface area contributed by atoms with Crippen LogP contribution >= 0.6 is 0 Å². The lowest BCUT2D eigenvalue weighted by molar-refractivity contribution is -0.0282. The van der Waals surface area contributed by atoms with Crippen molar-refractivity contribution in [3.05, 3.63) is 30.3 Å². The minimum atomic E-state index is 0.186. The standard InChI is InChI=1S/C13H20N2O/c1-3-15-10-9-14(2)11-13(15)16-12-7-5-4-6-8-12/h4-8,13H,3,9-11H2,1-2H3. The van der Waals surface area contributed by atoms with Crippen molar-refractivity contribution in [2.75, 3.05) is 33.2 Å². The Morgan fingerprint density at radius 3 is 2.69 bits per heavy atom. The van der Waals surface area contributed by atoms with Gasteiger partial charge in [-0.1, -0.05) is 25.1 Å². The lowest BCUT2D eigenvalue weighted by Gasteiger charge is -2.39. The topological polar surface area (TPSA) is 15.7 Å². The first kappa shape index (κ1) is 11.4. The van der Waals surface area contributed by atoms with E-state index in [2.05, 4.69) is 23.8 Å². The van der Waals surface area contributed by atoms with Crippen LogP contribution in [-0.4, -0.2) is 49.3 Å². The van der Waals surface area contributed by atoms with Crippen molar-refractivity contribution >= 4 is 0 Å². The van der Waals surface area contributed by atoms with Gasteiger partial charge in [0.05, 0.1) is 0 Å². The molecule has 1 heterocycles. The number of rotatable bonds is 3. The molecule has 16 heavy (non-hydrogen) atoms. The zero-order valence-electron chi connectivity index (χ0n) is 10.1. The molecule has 1 aromatic carbocycles. The first-order valence-electron chi connectivity index (χ1n) is 5.94. The second kappa shape index (κ2) is 5.32. The van der Waals surface area contributed by atoms with Crippen molar-refractivity contribution in [2.45, 2.75) is 13.2 Å². The number of benzene rings is 1. The molecular weight excluding hydrogens is 200 g/mol. The summed E-state index contributed by atoms with van der Waals surface area (Å²) in [5, 5.41) is 0. The summed E-state index contributed by atoms with van der Waals surface area (Å²) in [5.74, 6) is 0.959. The van der Waals surface area contributed by atoms with E-state index in [0.29, 0.717) is 0 Å². The van der Waals surface area contributed by atoms with E-state index in [1.54, 1.807) is 0 Å². The molecule has 1 fully saturated rings. The Bertz CT molecular complexity index is 315. The Kier molecular flexibility index (Phi) is 3.80. The maximum atomic E-state index is 6.01. The van der Waals surface area contributed by atoms with E-state index < -0.39 is 0 Å². The molecule has 1 aromatic rings. The van der Waals surface area contributed by atoms with Crippen molar-refractivity contribution in [2.24, 2.45) is 0 Å². The van der Waals surface area contributed by atoms with E-state index in [-0.39, 0.29) is 6.23 Å². The van der Waals surface area contributed by atoms with Crippen molar-refractivity contribution in [3.63, 3.8) is 0 Å². The first-order valence-corrected chi connectivity index (χ1v) is 5.94. The van der Waals surface area contributed by atoms with Gasteiger partial charge in [0, 0.05) is 19.6 Å². The Hall–Kier alpha value is -1.06. The number of hydrogen-bond acceptors (Lipinski definition) is 3. The van der Waals surface area contributed by atoms with Gasteiger partial charge >= 0.3 is 0 Å². The number of piperazine rings is 1. The zero-order valence-corrected chi connectivity index (χ0v) is 10.1. The lowest BCUT2D eigenvalue weighted by atomic mass is 10.3. The molecular formula is C13H20N2O. The average Bonchev–Trinajstić information content (AvgIpc) is 2.31. The van der Waals surface area contributed by atoms with Crippen LogP contribution in [0, 0.1) is 0 Å². The molecule has 0 spiro atoms. The molecule has 3 heteroatoms. The molecule has 1 atom stereocenters. The number of para-hydroxylation sites is 1. The van der Waals surface area contributed by atoms with E-state index in [4.69, 9.17) is 4.74 Å². The summed E-state index contributed by atoms with van der Waals surface area (Å²) in [6.07, 6.45) is 0.186. The monoisotopic (exact) mass is 220 g/mol. The van der Waals surface area contributed by atoms with Gasteiger partial charge in [0.25, 0.3) is 0 Å². The minimum absolute atomic E-state index is 0.186. The van der Waals surface area contributed by atoms with Crippen LogP contribution in [-0.2, 0) is 0 Å². The third-order valence-electron chi connectivity index (χ3n) is 3.07. The summed E-state index contributed by atoms with van der Waals surface area (Å²) in [5.41, 5.74) is 0. The summed E-state index contributed by atoms with van der Waals surface area (Å²) in [4.78, 5) is 4.70. The van der Waals surface area contributed by atoms with Crippen LogP contribution in [0.3, 0.4) is 0 Å². The third-order valence-corrected chi connectivity index (χ3v) is 3.07. The Morgan fingerprint density at radius 2 is 2.00 bits per heavy atom. The molecule has 3 nitrogen and oxygen atoms in total. The van der Waals surface area contributed by atoms with Crippen LogP contribution in [0.4, 0.5) is 0 Å². The Morgan fingerprint density at radius 1 is 1.25 bits per heavy atom. The molecule has 0 N–H and O–H groups in total. The zero-order chi connectivity index (χ0) is 11.4. The minimum Gasteiger partial charge on any atom is -0.474 e. The van der Waals surface area contributed by atoms with E-state index in [9.17, 15) is 0 Å². The van der Waals surface area contributed by atoms with Gasteiger partial charge in [-0.05, 0) is 25.7 Å². The molecule has 1 saturated heterocycles. The van der Waals surface area contributed by atoms with Crippen molar-refractivity contribution < 1.29 is 4.74 Å². The summed E-state index contributed by atoms with van der Waals surface area (Å²) in [6, 6.07) is 10.1. The van der Waals surface area contributed by atoms with Gasteiger partial charge in [0.15, 0.2) is 6.23 Å². The summed E-state index contributed by atoms with van der Waals surface area (Å²) >= 11 is 0. The molecule has 88 valence electrons. The quantitative estimate of drug-likeness (QED) is 0.770. The maximum absolute atomic E-state index is 6.01. The molecule has 1 aliphatic rings. The Labute approximate surface area is 97.6 Å². The molecule has 0 aromatic heterocycles. The van der Waals surface area contributed by atoms with Crippen molar-refractivity contribution in [3.8, 4) is 5.75 Å². The van der Waals surface area contributed by atoms with E-state index >= 15 is 0 Å². The van der Waals surface area contributed by atoms with E-state index in [1.165, 1.54) is 0 Å². The van der Waals surface area contributed by atoms with Gasteiger partial charge in [-0.25, -0.2) is 0 Å².